The van der Waals surface area contributed by atoms with Gasteiger partial charge in [-0.1, -0.05) is 23.8 Å². The van der Waals surface area contributed by atoms with Gasteiger partial charge in [0.05, 0.1) is 11.6 Å². The molecule has 160 valence electrons. The van der Waals surface area contributed by atoms with Gasteiger partial charge in [-0.05, 0) is 25.7 Å². The average molecular weight is 427 g/mol. The monoisotopic (exact) mass is 426 g/mol. The molecule has 0 aliphatic carbocycles. The highest BCUT2D eigenvalue weighted by Gasteiger charge is 2.27. The first-order valence-electron chi connectivity index (χ1n) is 9.51. The van der Waals surface area contributed by atoms with Gasteiger partial charge in [-0.25, -0.2) is 4.79 Å². The fraction of sp³-hybridized carbons (Fsp3) is 0.524. The lowest BCUT2D eigenvalue weighted by molar-refractivity contribution is -0.118. The predicted octanol–water partition coefficient (Wildman–Crippen LogP) is 4.09. The minimum Gasteiger partial charge on any atom is -0.467 e. The number of rotatable bonds is 6. The molecule has 29 heavy (non-hydrogen) atoms. The molecule has 0 atom stereocenters. The van der Waals surface area contributed by atoms with E-state index in [1.807, 2.05) is 12.2 Å². The molecule has 0 amide bonds. The lowest BCUT2D eigenvalue weighted by Crippen LogP contribution is -2.16. The molecule has 7 nitrogen and oxygen atoms in total. The van der Waals surface area contributed by atoms with Gasteiger partial charge in [0.15, 0.2) is 13.6 Å². The summed E-state index contributed by atoms with van der Waals surface area (Å²) in [6.07, 6.45) is 7.58. The fourth-order valence-corrected chi connectivity index (χ4v) is 3.18. The number of esters is 1. The maximum atomic E-state index is 12.8. The topological polar surface area (TPSA) is 80.3 Å². The molecule has 0 bridgehead atoms. The molecular weight excluding hydrogens is 400 g/mol. The van der Waals surface area contributed by atoms with E-state index in [2.05, 4.69) is 0 Å². The summed E-state index contributed by atoms with van der Waals surface area (Å²) in [6, 6.07) is 1.48. The molecule has 0 unspecified atom stereocenters. The average Bonchev–Trinajstić information content (AvgIpc) is 2.71. The van der Waals surface area contributed by atoms with Gasteiger partial charge >= 0.3 is 5.97 Å². The Bertz CT molecular complexity index is 730. The van der Waals surface area contributed by atoms with E-state index < -0.39 is 5.97 Å². The van der Waals surface area contributed by atoms with Crippen LogP contribution in [0.2, 0.25) is 5.02 Å². The first kappa shape index (κ1) is 23.2. The highest BCUT2D eigenvalue weighted by atomic mass is 35.5. The minimum absolute atomic E-state index is 0.0212. The van der Waals surface area contributed by atoms with Crippen molar-refractivity contribution >= 4 is 23.4 Å². The Kier molecular flexibility index (Phi) is 9.97. The third-order valence-electron chi connectivity index (χ3n) is 4.30. The zero-order chi connectivity index (χ0) is 21.1. The standard InChI is InChI=1S/C21H27ClO7/c1-25-13-28-17-12-18(29-14-26-2)20(22)16-11-15(23)9-7-5-3-4-6-8-10-27-21(24)19(16)17/h4,6,12H,3,5,7-11,13-14H2,1-2H3/b6-4+. The van der Waals surface area contributed by atoms with Gasteiger partial charge in [-0.2, -0.15) is 0 Å². The van der Waals surface area contributed by atoms with Crippen LogP contribution in [0, 0.1) is 0 Å². The van der Waals surface area contributed by atoms with Crippen molar-refractivity contribution in [2.45, 2.75) is 38.5 Å². The Morgan fingerprint density at radius 1 is 1.00 bits per heavy atom. The quantitative estimate of drug-likeness (QED) is 0.385. The van der Waals surface area contributed by atoms with Crippen LogP contribution in [0.1, 0.15) is 48.0 Å². The van der Waals surface area contributed by atoms with Gasteiger partial charge in [0.2, 0.25) is 0 Å². The highest BCUT2D eigenvalue weighted by molar-refractivity contribution is 6.33. The summed E-state index contributed by atoms with van der Waals surface area (Å²) in [6.45, 7) is 0.0701. The van der Waals surface area contributed by atoms with Crippen molar-refractivity contribution in [3.63, 3.8) is 0 Å². The maximum Gasteiger partial charge on any atom is 0.342 e. The molecule has 0 N–H and O–H groups in total. The SMILES string of the molecule is COCOc1cc(OCOC)c2c(c1Cl)CC(=O)CCCC/C=C/CCOC2=O. The largest absolute Gasteiger partial charge is 0.467 e. The van der Waals surface area contributed by atoms with Crippen LogP contribution in [0.5, 0.6) is 11.5 Å². The van der Waals surface area contributed by atoms with E-state index in [1.165, 1.54) is 20.3 Å². The molecule has 2 rings (SSSR count). The molecule has 0 radical (unpaired) electrons. The number of ketones is 1. The minimum atomic E-state index is -0.607. The van der Waals surface area contributed by atoms with Crippen LogP contribution in [-0.4, -0.2) is 46.2 Å². The number of carbonyl (C=O) groups is 2. The molecule has 0 fully saturated rings. The summed E-state index contributed by atoms with van der Waals surface area (Å²) in [5.41, 5.74) is 0.445. The van der Waals surface area contributed by atoms with E-state index in [9.17, 15) is 9.59 Å². The number of Topliss-reactive ketones (excluding diaryl/α,β-unsaturated/α-hetero) is 1. The third kappa shape index (κ3) is 7.03. The maximum absolute atomic E-state index is 12.8. The smallest absolute Gasteiger partial charge is 0.342 e. The number of hydrogen-bond donors (Lipinski definition) is 0. The summed E-state index contributed by atoms with van der Waals surface area (Å²) >= 11 is 6.51. The lowest BCUT2D eigenvalue weighted by Gasteiger charge is -2.19. The van der Waals surface area contributed by atoms with Crippen molar-refractivity contribution in [3.05, 3.63) is 34.4 Å². The Morgan fingerprint density at radius 2 is 1.69 bits per heavy atom. The van der Waals surface area contributed by atoms with Crippen molar-refractivity contribution in [2.24, 2.45) is 0 Å². The van der Waals surface area contributed by atoms with E-state index >= 15 is 0 Å². The van der Waals surface area contributed by atoms with E-state index in [0.29, 0.717) is 18.4 Å². The first-order chi connectivity index (χ1) is 14.1. The molecule has 1 heterocycles. The number of allylic oxidation sites excluding steroid dienone is 1. The van der Waals surface area contributed by atoms with Crippen LogP contribution in [0.3, 0.4) is 0 Å². The van der Waals surface area contributed by atoms with E-state index in [0.717, 1.165) is 19.3 Å². The second-order valence-electron chi connectivity index (χ2n) is 6.50. The Morgan fingerprint density at radius 3 is 2.41 bits per heavy atom. The molecule has 1 aromatic carbocycles. The van der Waals surface area contributed by atoms with Crippen LogP contribution in [0.4, 0.5) is 0 Å². The van der Waals surface area contributed by atoms with E-state index in [1.54, 1.807) is 0 Å². The Hall–Kier alpha value is -2.09. The van der Waals surface area contributed by atoms with Crippen molar-refractivity contribution in [1.29, 1.82) is 0 Å². The van der Waals surface area contributed by atoms with Crippen LogP contribution >= 0.6 is 11.6 Å². The zero-order valence-electron chi connectivity index (χ0n) is 16.8. The van der Waals surface area contributed by atoms with Crippen LogP contribution in [0.25, 0.3) is 0 Å². The summed E-state index contributed by atoms with van der Waals surface area (Å²) < 4.78 is 26.4. The van der Waals surface area contributed by atoms with E-state index in [-0.39, 0.29) is 54.5 Å². The van der Waals surface area contributed by atoms with Crippen LogP contribution in [0.15, 0.2) is 18.2 Å². The molecule has 0 aromatic heterocycles. The molecular formula is C21H27ClO7. The summed E-state index contributed by atoms with van der Waals surface area (Å²) in [5, 5.41) is 0.166. The molecule has 0 spiro atoms. The molecule has 0 saturated heterocycles. The van der Waals surface area contributed by atoms with Gasteiger partial charge in [0, 0.05) is 38.7 Å². The highest BCUT2D eigenvalue weighted by Crippen LogP contribution is 2.39. The molecule has 1 aliphatic heterocycles. The fourth-order valence-electron chi connectivity index (χ4n) is 2.91. The van der Waals surface area contributed by atoms with Crippen molar-refractivity contribution in [3.8, 4) is 11.5 Å². The number of ether oxygens (including phenoxy) is 5. The number of carbonyl (C=O) groups excluding carboxylic acids is 2. The number of halogens is 1. The van der Waals surface area contributed by atoms with Crippen molar-refractivity contribution in [2.75, 3.05) is 34.4 Å². The predicted molar refractivity (Wildman–Crippen MR) is 108 cm³/mol. The normalized spacial score (nSPS) is 17.1. The van der Waals surface area contributed by atoms with Gasteiger partial charge < -0.3 is 23.7 Å². The molecule has 0 saturated carbocycles. The van der Waals surface area contributed by atoms with Crippen molar-refractivity contribution < 1.29 is 33.3 Å². The number of methoxy groups -OCH3 is 2. The van der Waals surface area contributed by atoms with Gasteiger partial charge in [0.1, 0.15) is 22.8 Å². The Balaban J connectivity index is 2.49. The van der Waals surface area contributed by atoms with Crippen LogP contribution in [-0.2, 0) is 25.4 Å². The third-order valence-corrected chi connectivity index (χ3v) is 4.71. The second-order valence-corrected chi connectivity index (χ2v) is 6.88. The number of hydrogen-bond acceptors (Lipinski definition) is 7. The summed E-state index contributed by atoms with van der Waals surface area (Å²) in [5.74, 6) is -0.200. The second kappa shape index (κ2) is 12.5. The summed E-state index contributed by atoms with van der Waals surface area (Å²) in [7, 11) is 2.94. The molecule has 1 aliphatic rings. The van der Waals surface area contributed by atoms with Crippen molar-refractivity contribution in [1.82, 2.24) is 0 Å². The lowest BCUT2D eigenvalue weighted by atomic mass is 9.98. The van der Waals surface area contributed by atoms with Crippen LogP contribution < -0.4 is 9.47 Å². The van der Waals surface area contributed by atoms with Gasteiger partial charge in [-0.15, -0.1) is 0 Å². The van der Waals surface area contributed by atoms with E-state index in [4.69, 9.17) is 35.3 Å². The number of cyclic esters (lactones) is 1. The van der Waals surface area contributed by atoms with Gasteiger partial charge in [0.25, 0.3) is 0 Å². The number of benzene rings is 1. The first-order valence-corrected chi connectivity index (χ1v) is 9.89. The molecule has 1 aromatic rings. The summed E-state index contributed by atoms with van der Waals surface area (Å²) in [4.78, 5) is 25.4. The molecule has 8 heteroatoms. The zero-order valence-corrected chi connectivity index (χ0v) is 17.6. The number of fused-ring (bicyclic) bond motifs is 1. The Labute approximate surface area is 175 Å². The van der Waals surface area contributed by atoms with Gasteiger partial charge in [-0.3, -0.25) is 4.79 Å².